The van der Waals surface area contributed by atoms with Gasteiger partial charge in [-0.05, 0) is 13.8 Å². The minimum absolute atomic E-state index is 0.00762. The summed E-state index contributed by atoms with van der Waals surface area (Å²) in [4.78, 5) is 10.9. The number of esters is 1. The topological polar surface area (TPSA) is 92.4 Å². The van der Waals surface area contributed by atoms with E-state index < -0.39 is 17.5 Å². The van der Waals surface area contributed by atoms with E-state index in [0.29, 0.717) is 6.61 Å². The van der Waals surface area contributed by atoms with Crippen LogP contribution in [0.4, 0.5) is 0 Å². The molecule has 0 aliphatic carbocycles. The molecule has 0 amide bonds. The Morgan fingerprint density at radius 2 is 2.40 bits per heavy atom. The molecular weight excluding hydrogens is 200 g/mol. The van der Waals surface area contributed by atoms with E-state index in [9.17, 15) is 4.79 Å². The van der Waals surface area contributed by atoms with Crippen LogP contribution in [0.25, 0.3) is 0 Å². The van der Waals surface area contributed by atoms with Crippen molar-refractivity contribution in [3.8, 4) is 6.07 Å². The molecule has 0 aromatic carbocycles. The molecule has 82 valence electrons. The number of carbonyl (C=O) groups excluding carboxylic acids is 1. The lowest BCUT2D eigenvalue weighted by Crippen LogP contribution is -2.26. The van der Waals surface area contributed by atoms with E-state index >= 15 is 0 Å². The second-order valence-electron chi connectivity index (χ2n) is 3.54. The second kappa shape index (κ2) is 4.38. The molecule has 0 radical (unpaired) electrons. The summed E-state index contributed by atoms with van der Waals surface area (Å²) in [6.07, 6.45) is -0.338. The first-order valence-corrected chi connectivity index (χ1v) is 4.42. The van der Waals surface area contributed by atoms with Crippen LogP contribution in [-0.4, -0.2) is 36.8 Å². The Bertz CT molecular complexity index is 319. The van der Waals surface area contributed by atoms with Crippen molar-refractivity contribution in [2.45, 2.75) is 25.7 Å². The van der Waals surface area contributed by atoms with Crippen LogP contribution in [0.15, 0.2) is 0 Å². The number of rotatable bonds is 3. The van der Waals surface area contributed by atoms with Gasteiger partial charge in [-0.3, -0.25) is 5.41 Å². The first-order valence-electron chi connectivity index (χ1n) is 4.42. The van der Waals surface area contributed by atoms with Crippen LogP contribution in [-0.2, 0) is 19.0 Å². The molecule has 1 N–H and O–H groups in total. The van der Waals surface area contributed by atoms with E-state index in [2.05, 4.69) is 4.74 Å². The van der Waals surface area contributed by atoms with Crippen LogP contribution >= 0.6 is 0 Å². The smallest absolute Gasteiger partial charge is 0.367 e. The highest BCUT2D eigenvalue weighted by atomic mass is 16.7. The van der Waals surface area contributed by atoms with Crippen molar-refractivity contribution in [3.05, 3.63) is 0 Å². The van der Waals surface area contributed by atoms with Gasteiger partial charge in [0.05, 0.1) is 6.61 Å². The number of hydrogen-bond donors (Lipinski definition) is 1. The minimum Gasteiger partial charge on any atom is -0.458 e. The number of nitrogens with zero attached hydrogens (tertiary/aromatic N) is 1. The lowest BCUT2D eigenvalue weighted by atomic mass is 10.4. The molecular formula is C9H12N2O4. The van der Waals surface area contributed by atoms with Crippen molar-refractivity contribution in [3.63, 3.8) is 0 Å². The summed E-state index contributed by atoms with van der Waals surface area (Å²) >= 11 is 0. The van der Waals surface area contributed by atoms with Crippen LogP contribution in [0, 0.1) is 16.7 Å². The highest BCUT2D eigenvalue weighted by molar-refractivity contribution is 6.41. The number of carbonyl (C=O) groups is 1. The zero-order valence-corrected chi connectivity index (χ0v) is 8.57. The fraction of sp³-hybridized carbons (Fsp3) is 0.667. The maximum Gasteiger partial charge on any atom is 0.367 e. The quantitative estimate of drug-likeness (QED) is 0.533. The standard InChI is InChI=1S/C9H12N2O4/c1-9(2)14-5-6(15-9)4-13-8(12)7(11)3-10/h6,11H,4-5H2,1-2H3. The van der Waals surface area contributed by atoms with Crippen LogP contribution in [0.1, 0.15) is 13.8 Å². The van der Waals surface area contributed by atoms with Crippen LogP contribution in [0.2, 0.25) is 0 Å². The SMILES string of the molecule is CC1(C)OCC(COC(=O)C(=N)C#N)O1. The van der Waals surface area contributed by atoms with Gasteiger partial charge in [0.15, 0.2) is 5.79 Å². The van der Waals surface area contributed by atoms with E-state index in [1.807, 2.05) is 0 Å². The van der Waals surface area contributed by atoms with Crippen molar-refractivity contribution in [2.24, 2.45) is 0 Å². The van der Waals surface area contributed by atoms with E-state index in [1.54, 1.807) is 13.8 Å². The highest BCUT2D eigenvalue weighted by Gasteiger charge is 2.33. The Labute approximate surface area is 87.2 Å². The van der Waals surface area contributed by atoms with Crippen molar-refractivity contribution < 1.29 is 19.0 Å². The fourth-order valence-corrected chi connectivity index (χ4v) is 1.13. The molecule has 1 aliphatic rings. The van der Waals surface area contributed by atoms with E-state index in [4.69, 9.17) is 20.1 Å². The summed E-state index contributed by atoms with van der Waals surface area (Å²) in [6.45, 7) is 3.84. The molecule has 1 rings (SSSR count). The molecule has 1 fully saturated rings. The number of ether oxygens (including phenoxy) is 3. The molecule has 0 bridgehead atoms. The average Bonchev–Trinajstić information content (AvgIpc) is 2.53. The summed E-state index contributed by atoms with van der Waals surface area (Å²) < 4.78 is 15.3. The van der Waals surface area contributed by atoms with Crippen LogP contribution in [0.5, 0.6) is 0 Å². The van der Waals surface area contributed by atoms with Gasteiger partial charge in [0.2, 0.25) is 5.71 Å². The molecule has 0 spiro atoms. The lowest BCUT2D eigenvalue weighted by Gasteiger charge is -2.16. The van der Waals surface area contributed by atoms with Gasteiger partial charge < -0.3 is 14.2 Å². The Kier molecular flexibility index (Phi) is 3.39. The first kappa shape index (κ1) is 11.6. The van der Waals surface area contributed by atoms with Gasteiger partial charge in [0.1, 0.15) is 18.8 Å². The molecule has 6 nitrogen and oxygen atoms in total. The molecule has 1 aliphatic heterocycles. The largest absolute Gasteiger partial charge is 0.458 e. The summed E-state index contributed by atoms with van der Waals surface area (Å²) in [5, 5.41) is 15.1. The molecule has 1 atom stereocenters. The second-order valence-corrected chi connectivity index (χ2v) is 3.54. The monoisotopic (exact) mass is 212 g/mol. The third-order valence-corrected chi connectivity index (χ3v) is 1.78. The third kappa shape index (κ3) is 3.31. The van der Waals surface area contributed by atoms with Crippen molar-refractivity contribution in [2.75, 3.05) is 13.2 Å². The maximum absolute atomic E-state index is 10.9. The Hall–Kier alpha value is -1.45. The van der Waals surface area contributed by atoms with Crippen LogP contribution in [0.3, 0.4) is 0 Å². The number of nitrogens with one attached hydrogen (secondary N) is 1. The first-order chi connectivity index (χ1) is 6.94. The number of nitriles is 1. The predicted molar refractivity (Wildman–Crippen MR) is 49.2 cm³/mol. The van der Waals surface area contributed by atoms with Crippen LogP contribution < -0.4 is 0 Å². The predicted octanol–water partition coefficient (Wildman–Crippen LogP) is 0.224. The molecule has 1 heterocycles. The summed E-state index contributed by atoms with van der Waals surface area (Å²) in [5.41, 5.74) is -0.715. The molecule has 6 heteroatoms. The van der Waals surface area contributed by atoms with Gasteiger partial charge >= 0.3 is 5.97 Å². The molecule has 15 heavy (non-hydrogen) atoms. The Morgan fingerprint density at radius 1 is 1.73 bits per heavy atom. The Morgan fingerprint density at radius 3 is 2.87 bits per heavy atom. The maximum atomic E-state index is 10.9. The minimum atomic E-state index is -0.939. The molecule has 1 unspecified atom stereocenters. The van der Waals surface area contributed by atoms with Crippen molar-refractivity contribution >= 4 is 11.7 Å². The average molecular weight is 212 g/mol. The summed E-state index contributed by atoms with van der Waals surface area (Å²) in [5.74, 6) is -1.61. The zero-order valence-electron chi connectivity index (χ0n) is 8.57. The summed E-state index contributed by atoms with van der Waals surface area (Å²) in [6, 6.07) is 1.39. The van der Waals surface area contributed by atoms with Gasteiger partial charge in [-0.1, -0.05) is 0 Å². The fourth-order valence-electron chi connectivity index (χ4n) is 1.13. The molecule has 0 aromatic heterocycles. The normalized spacial score (nSPS) is 23.1. The van der Waals surface area contributed by atoms with Gasteiger partial charge in [-0.25, -0.2) is 4.79 Å². The molecule has 1 saturated heterocycles. The van der Waals surface area contributed by atoms with Crippen molar-refractivity contribution in [1.82, 2.24) is 0 Å². The van der Waals surface area contributed by atoms with E-state index in [0.717, 1.165) is 0 Å². The Balaban J connectivity index is 2.31. The lowest BCUT2D eigenvalue weighted by molar-refractivity contribution is -0.153. The van der Waals surface area contributed by atoms with Gasteiger partial charge in [0.25, 0.3) is 0 Å². The van der Waals surface area contributed by atoms with Gasteiger partial charge in [-0.2, -0.15) is 5.26 Å². The highest BCUT2D eigenvalue weighted by Crippen LogP contribution is 2.22. The van der Waals surface area contributed by atoms with Crippen molar-refractivity contribution in [1.29, 1.82) is 10.7 Å². The van der Waals surface area contributed by atoms with E-state index in [-0.39, 0.29) is 12.7 Å². The third-order valence-electron chi connectivity index (χ3n) is 1.78. The van der Waals surface area contributed by atoms with Gasteiger partial charge in [0, 0.05) is 0 Å². The molecule has 0 aromatic rings. The molecule has 0 saturated carbocycles. The zero-order chi connectivity index (χ0) is 11.5. The van der Waals surface area contributed by atoms with E-state index in [1.165, 1.54) is 6.07 Å². The van der Waals surface area contributed by atoms with Gasteiger partial charge in [-0.15, -0.1) is 0 Å². The number of hydrogen-bond acceptors (Lipinski definition) is 6. The summed E-state index contributed by atoms with van der Waals surface area (Å²) in [7, 11) is 0.